The maximum atomic E-state index is 12.5. The van der Waals surface area contributed by atoms with Crippen molar-refractivity contribution in [2.75, 3.05) is 19.5 Å². The first-order valence-electron chi connectivity index (χ1n) is 7.24. The van der Waals surface area contributed by atoms with Crippen LogP contribution in [0, 0.1) is 0 Å². The monoisotopic (exact) mass is 306 g/mol. The highest BCUT2D eigenvalue weighted by atomic mass is 16.7. The molecule has 1 saturated heterocycles. The Labute approximate surface area is 130 Å². The number of anilines is 1. The summed E-state index contributed by atoms with van der Waals surface area (Å²) in [5, 5.41) is 5.63. The van der Waals surface area contributed by atoms with Crippen molar-refractivity contribution in [2.24, 2.45) is 0 Å². The normalized spacial score (nSPS) is 21.0. The zero-order valence-corrected chi connectivity index (χ0v) is 13.1. The summed E-state index contributed by atoms with van der Waals surface area (Å²) in [6, 6.07) is 7.49. The lowest BCUT2D eigenvalue weighted by Gasteiger charge is -2.24. The van der Waals surface area contributed by atoms with Crippen LogP contribution >= 0.6 is 0 Å². The van der Waals surface area contributed by atoms with Crippen LogP contribution in [0.1, 0.15) is 25.3 Å². The van der Waals surface area contributed by atoms with E-state index in [1.165, 1.54) is 0 Å². The van der Waals surface area contributed by atoms with Crippen LogP contribution in [0.5, 0.6) is 0 Å². The quantitative estimate of drug-likeness (QED) is 0.780. The summed E-state index contributed by atoms with van der Waals surface area (Å²) < 4.78 is 10.4. The first-order valence-corrected chi connectivity index (χ1v) is 7.24. The maximum Gasteiger partial charge on any atom is 0.249 e. The molecule has 0 radical (unpaired) electrons. The van der Waals surface area contributed by atoms with Gasteiger partial charge in [-0.05, 0) is 25.0 Å². The van der Waals surface area contributed by atoms with E-state index in [0.717, 1.165) is 5.56 Å². The van der Waals surface area contributed by atoms with E-state index in [2.05, 4.69) is 10.6 Å². The van der Waals surface area contributed by atoms with Gasteiger partial charge in [0.15, 0.2) is 6.29 Å². The second-order valence-electron chi connectivity index (χ2n) is 5.60. The van der Waals surface area contributed by atoms with Crippen LogP contribution in [0.15, 0.2) is 24.3 Å². The lowest BCUT2D eigenvalue weighted by Crippen LogP contribution is -2.49. The molecule has 120 valence electrons. The number of nitrogens with one attached hydrogen (secondary N) is 2. The molecular formula is C16H22N2O4. The first-order chi connectivity index (χ1) is 10.5. The standard InChI is InChI=1S/C16H22N2O4/c1-16(9-8-13(19)18-16)15(20)17-12-7-5-4-6-11(12)10-14(21-2)22-3/h4-7,14H,8-10H2,1-3H3,(H,17,20)(H,18,19). The highest BCUT2D eigenvalue weighted by molar-refractivity contribution is 6.02. The van der Waals surface area contributed by atoms with Crippen molar-refractivity contribution < 1.29 is 19.1 Å². The molecule has 0 saturated carbocycles. The fourth-order valence-electron chi connectivity index (χ4n) is 2.49. The molecule has 2 amide bonds. The summed E-state index contributed by atoms with van der Waals surface area (Å²) >= 11 is 0. The Morgan fingerprint density at radius 3 is 2.64 bits per heavy atom. The Morgan fingerprint density at radius 1 is 1.36 bits per heavy atom. The molecule has 1 aliphatic rings. The maximum absolute atomic E-state index is 12.5. The Hall–Kier alpha value is -1.92. The van der Waals surface area contributed by atoms with Crippen molar-refractivity contribution in [3.8, 4) is 0 Å². The summed E-state index contributed by atoms with van der Waals surface area (Å²) in [4.78, 5) is 23.9. The summed E-state index contributed by atoms with van der Waals surface area (Å²) in [5.74, 6) is -0.304. The predicted molar refractivity (Wildman–Crippen MR) is 82.4 cm³/mol. The molecule has 1 atom stereocenters. The first kappa shape index (κ1) is 16.5. The fraction of sp³-hybridized carbons (Fsp3) is 0.500. The number of amides is 2. The molecule has 0 bridgehead atoms. The number of methoxy groups -OCH3 is 2. The van der Waals surface area contributed by atoms with Gasteiger partial charge in [-0.2, -0.15) is 0 Å². The molecule has 1 aliphatic heterocycles. The van der Waals surface area contributed by atoms with Crippen LogP contribution in [0.2, 0.25) is 0 Å². The van der Waals surface area contributed by atoms with Crippen molar-refractivity contribution in [1.29, 1.82) is 0 Å². The van der Waals surface area contributed by atoms with E-state index in [4.69, 9.17) is 9.47 Å². The average molecular weight is 306 g/mol. The van der Waals surface area contributed by atoms with Gasteiger partial charge in [0.05, 0.1) is 0 Å². The zero-order valence-electron chi connectivity index (χ0n) is 13.1. The largest absolute Gasteiger partial charge is 0.356 e. The molecule has 1 aromatic carbocycles. The lowest BCUT2D eigenvalue weighted by atomic mass is 9.98. The van der Waals surface area contributed by atoms with Gasteiger partial charge in [-0.15, -0.1) is 0 Å². The number of ether oxygens (including phenoxy) is 2. The van der Waals surface area contributed by atoms with Crippen LogP contribution in [-0.2, 0) is 25.5 Å². The van der Waals surface area contributed by atoms with Crippen molar-refractivity contribution in [1.82, 2.24) is 5.32 Å². The van der Waals surface area contributed by atoms with Gasteiger partial charge in [-0.25, -0.2) is 0 Å². The summed E-state index contributed by atoms with van der Waals surface area (Å²) in [5.41, 5.74) is 0.762. The van der Waals surface area contributed by atoms with E-state index < -0.39 is 5.54 Å². The number of rotatable bonds is 6. The molecular weight excluding hydrogens is 284 g/mol. The molecule has 1 aromatic rings. The number of hydrogen-bond acceptors (Lipinski definition) is 4. The van der Waals surface area contributed by atoms with Gasteiger partial charge in [-0.1, -0.05) is 18.2 Å². The minimum atomic E-state index is -0.855. The Bertz CT molecular complexity index is 557. The number of carbonyl (C=O) groups excluding carboxylic acids is 2. The van der Waals surface area contributed by atoms with Crippen LogP contribution in [-0.4, -0.2) is 37.9 Å². The third-order valence-electron chi connectivity index (χ3n) is 3.95. The van der Waals surface area contributed by atoms with Crippen LogP contribution in [0.4, 0.5) is 5.69 Å². The van der Waals surface area contributed by atoms with Crippen molar-refractivity contribution >= 4 is 17.5 Å². The summed E-state index contributed by atoms with van der Waals surface area (Å²) in [7, 11) is 3.15. The van der Waals surface area contributed by atoms with Crippen molar-refractivity contribution in [3.05, 3.63) is 29.8 Å². The minimum Gasteiger partial charge on any atom is -0.356 e. The third kappa shape index (κ3) is 3.64. The van der Waals surface area contributed by atoms with Gasteiger partial charge in [0.25, 0.3) is 0 Å². The van der Waals surface area contributed by atoms with E-state index >= 15 is 0 Å². The predicted octanol–water partition coefficient (Wildman–Crippen LogP) is 1.46. The van der Waals surface area contributed by atoms with Gasteiger partial charge in [0.2, 0.25) is 11.8 Å². The van der Waals surface area contributed by atoms with E-state index in [1.807, 2.05) is 24.3 Å². The molecule has 6 nitrogen and oxygen atoms in total. The Balaban J connectivity index is 2.12. The van der Waals surface area contributed by atoms with Crippen LogP contribution in [0.3, 0.4) is 0 Å². The number of carbonyl (C=O) groups is 2. The highest BCUT2D eigenvalue weighted by Crippen LogP contribution is 2.24. The van der Waals surface area contributed by atoms with E-state index in [-0.39, 0.29) is 18.1 Å². The smallest absolute Gasteiger partial charge is 0.249 e. The molecule has 0 spiro atoms. The molecule has 2 rings (SSSR count). The molecule has 22 heavy (non-hydrogen) atoms. The Kier molecular flexibility index (Phi) is 5.15. The number of benzene rings is 1. The second-order valence-corrected chi connectivity index (χ2v) is 5.60. The van der Waals surface area contributed by atoms with E-state index in [0.29, 0.717) is 24.9 Å². The fourth-order valence-corrected chi connectivity index (χ4v) is 2.49. The van der Waals surface area contributed by atoms with Crippen LogP contribution < -0.4 is 10.6 Å². The van der Waals surface area contributed by atoms with Gasteiger partial charge >= 0.3 is 0 Å². The average Bonchev–Trinajstić information content (AvgIpc) is 2.87. The lowest BCUT2D eigenvalue weighted by molar-refractivity contribution is -0.125. The second kappa shape index (κ2) is 6.89. The number of para-hydroxylation sites is 1. The molecule has 1 fully saturated rings. The summed E-state index contributed by atoms with van der Waals surface area (Å²) in [6.07, 6.45) is 1.02. The Morgan fingerprint density at radius 2 is 2.05 bits per heavy atom. The summed E-state index contributed by atoms with van der Waals surface area (Å²) in [6.45, 7) is 1.74. The molecule has 0 aliphatic carbocycles. The molecule has 1 unspecified atom stereocenters. The SMILES string of the molecule is COC(Cc1ccccc1NC(=O)C1(C)CCC(=O)N1)OC. The minimum absolute atomic E-state index is 0.0928. The molecule has 0 aromatic heterocycles. The van der Waals surface area contributed by atoms with E-state index in [1.54, 1.807) is 21.1 Å². The molecule has 6 heteroatoms. The van der Waals surface area contributed by atoms with Gasteiger partial charge in [0, 0.05) is 32.7 Å². The van der Waals surface area contributed by atoms with Gasteiger partial charge in [0.1, 0.15) is 5.54 Å². The van der Waals surface area contributed by atoms with Gasteiger partial charge < -0.3 is 20.1 Å². The zero-order chi connectivity index (χ0) is 16.2. The van der Waals surface area contributed by atoms with Crippen molar-refractivity contribution in [2.45, 2.75) is 38.0 Å². The van der Waals surface area contributed by atoms with E-state index in [9.17, 15) is 9.59 Å². The van der Waals surface area contributed by atoms with Crippen LogP contribution in [0.25, 0.3) is 0 Å². The molecule has 1 heterocycles. The molecule has 2 N–H and O–H groups in total. The van der Waals surface area contributed by atoms with Gasteiger partial charge in [-0.3, -0.25) is 9.59 Å². The highest BCUT2D eigenvalue weighted by Gasteiger charge is 2.40. The topological polar surface area (TPSA) is 76.7 Å². The number of hydrogen-bond donors (Lipinski definition) is 2. The third-order valence-corrected chi connectivity index (χ3v) is 3.95. The van der Waals surface area contributed by atoms with Crippen molar-refractivity contribution in [3.63, 3.8) is 0 Å².